The number of hydrogen-bond acceptors (Lipinski definition) is 3. The highest BCUT2D eigenvalue weighted by atomic mass is 16.3. The molecule has 3 nitrogen and oxygen atoms in total. The molecule has 11 heavy (non-hydrogen) atoms. The van der Waals surface area contributed by atoms with Gasteiger partial charge in [-0.2, -0.15) is 0 Å². The van der Waals surface area contributed by atoms with E-state index in [0.717, 1.165) is 32.7 Å². The molecule has 1 atom stereocenters. The van der Waals surface area contributed by atoms with Gasteiger partial charge in [0.2, 0.25) is 0 Å². The van der Waals surface area contributed by atoms with E-state index in [2.05, 4.69) is 16.7 Å². The molecule has 0 aromatic rings. The van der Waals surface area contributed by atoms with Gasteiger partial charge in [0.15, 0.2) is 0 Å². The number of aliphatic hydroxyl groups excluding tert-OH is 1. The van der Waals surface area contributed by atoms with Crippen molar-refractivity contribution in [2.24, 2.45) is 0 Å². The molecule has 1 saturated heterocycles. The van der Waals surface area contributed by atoms with Crippen LogP contribution in [0, 0.1) is 0 Å². The quantitative estimate of drug-likeness (QED) is 0.611. The minimum absolute atomic E-state index is 0.269. The average molecular weight is 158 g/mol. The Bertz CT molecular complexity index is 109. The van der Waals surface area contributed by atoms with Crippen LogP contribution in [0.5, 0.6) is 0 Å². The van der Waals surface area contributed by atoms with Crippen LogP contribution in [-0.4, -0.2) is 53.9 Å². The lowest BCUT2D eigenvalue weighted by Crippen LogP contribution is -2.49. The van der Waals surface area contributed by atoms with Crippen LogP contribution >= 0.6 is 0 Å². The van der Waals surface area contributed by atoms with Gasteiger partial charge in [-0.1, -0.05) is 6.92 Å². The molecule has 0 bridgehead atoms. The standard InChI is InChI=1S/C8H18N2O/c1-3-9-4-6-10(7-5-9)8(2)11/h8,11H,3-7H2,1-2H3. The Morgan fingerprint density at radius 3 is 2.18 bits per heavy atom. The Morgan fingerprint density at radius 2 is 1.82 bits per heavy atom. The van der Waals surface area contributed by atoms with Gasteiger partial charge in [0.25, 0.3) is 0 Å². The van der Waals surface area contributed by atoms with E-state index in [9.17, 15) is 5.11 Å². The normalized spacial score (nSPS) is 25.4. The highest BCUT2D eigenvalue weighted by molar-refractivity contribution is 4.70. The Labute approximate surface area is 68.6 Å². The largest absolute Gasteiger partial charge is 0.379 e. The van der Waals surface area contributed by atoms with Gasteiger partial charge in [0.05, 0.1) is 0 Å². The molecular formula is C8H18N2O. The fraction of sp³-hybridized carbons (Fsp3) is 1.00. The van der Waals surface area contributed by atoms with Crippen molar-refractivity contribution in [2.45, 2.75) is 20.1 Å². The lowest BCUT2D eigenvalue weighted by Gasteiger charge is -2.35. The van der Waals surface area contributed by atoms with Crippen LogP contribution in [0.25, 0.3) is 0 Å². The summed E-state index contributed by atoms with van der Waals surface area (Å²) in [4.78, 5) is 4.51. The van der Waals surface area contributed by atoms with E-state index < -0.39 is 0 Å². The fourth-order valence-corrected chi connectivity index (χ4v) is 1.45. The molecule has 0 aromatic heterocycles. The second kappa shape index (κ2) is 4.04. The first-order valence-corrected chi connectivity index (χ1v) is 4.38. The van der Waals surface area contributed by atoms with Crippen LogP contribution in [0.1, 0.15) is 13.8 Å². The van der Waals surface area contributed by atoms with Gasteiger partial charge in [0.1, 0.15) is 6.23 Å². The molecule has 0 radical (unpaired) electrons. The molecule has 66 valence electrons. The molecule has 1 fully saturated rings. The lowest BCUT2D eigenvalue weighted by atomic mass is 10.3. The van der Waals surface area contributed by atoms with Gasteiger partial charge < -0.3 is 10.0 Å². The van der Waals surface area contributed by atoms with E-state index in [-0.39, 0.29) is 6.23 Å². The summed E-state index contributed by atoms with van der Waals surface area (Å²) in [6.07, 6.45) is -0.269. The summed E-state index contributed by atoms with van der Waals surface area (Å²) in [5.74, 6) is 0. The summed E-state index contributed by atoms with van der Waals surface area (Å²) in [6, 6.07) is 0. The molecule has 1 aliphatic heterocycles. The van der Waals surface area contributed by atoms with E-state index in [1.54, 1.807) is 0 Å². The maximum Gasteiger partial charge on any atom is 0.104 e. The average Bonchev–Trinajstić information content (AvgIpc) is 2.05. The Kier molecular flexibility index (Phi) is 3.30. The minimum atomic E-state index is -0.269. The van der Waals surface area contributed by atoms with Crippen molar-refractivity contribution < 1.29 is 5.11 Å². The third kappa shape index (κ3) is 2.43. The van der Waals surface area contributed by atoms with Crippen molar-refractivity contribution >= 4 is 0 Å². The molecule has 1 rings (SSSR count). The van der Waals surface area contributed by atoms with Gasteiger partial charge in [-0.25, -0.2) is 0 Å². The van der Waals surface area contributed by atoms with Crippen LogP contribution < -0.4 is 0 Å². The van der Waals surface area contributed by atoms with E-state index in [1.807, 2.05) is 6.92 Å². The van der Waals surface area contributed by atoms with Crippen molar-refractivity contribution in [3.63, 3.8) is 0 Å². The van der Waals surface area contributed by atoms with Gasteiger partial charge >= 0.3 is 0 Å². The van der Waals surface area contributed by atoms with Crippen molar-refractivity contribution in [1.82, 2.24) is 9.80 Å². The molecule has 1 unspecified atom stereocenters. The van der Waals surface area contributed by atoms with E-state index in [4.69, 9.17) is 0 Å². The zero-order valence-corrected chi connectivity index (χ0v) is 7.45. The first kappa shape index (κ1) is 8.97. The number of likely N-dealkylation sites (N-methyl/N-ethyl adjacent to an activating group) is 1. The smallest absolute Gasteiger partial charge is 0.104 e. The number of aliphatic hydroxyl groups is 1. The Morgan fingerprint density at radius 1 is 1.27 bits per heavy atom. The summed E-state index contributed by atoms with van der Waals surface area (Å²) in [7, 11) is 0. The second-order valence-electron chi connectivity index (χ2n) is 3.10. The molecule has 0 spiro atoms. The van der Waals surface area contributed by atoms with Crippen LogP contribution in [-0.2, 0) is 0 Å². The zero-order chi connectivity index (χ0) is 8.27. The van der Waals surface area contributed by atoms with Gasteiger partial charge in [-0.05, 0) is 13.5 Å². The number of hydrogen-bond donors (Lipinski definition) is 1. The third-order valence-corrected chi connectivity index (χ3v) is 2.38. The summed E-state index contributed by atoms with van der Waals surface area (Å²) in [5.41, 5.74) is 0. The van der Waals surface area contributed by atoms with Gasteiger partial charge in [0, 0.05) is 26.2 Å². The fourth-order valence-electron chi connectivity index (χ4n) is 1.45. The predicted molar refractivity (Wildman–Crippen MR) is 45.4 cm³/mol. The first-order chi connectivity index (χ1) is 5.24. The molecule has 1 heterocycles. The molecule has 0 amide bonds. The Balaban J connectivity index is 2.24. The molecule has 1 N–H and O–H groups in total. The molecule has 1 aliphatic rings. The minimum Gasteiger partial charge on any atom is -0.379 e. The van der Waals surface area contributed by atoms with Crippen LogP contribution in [0.3, 0.4) is 0 Å². The van der Waals surface area contributed by atoms with Gasteiger partial charge in [-0.15, -0.1) is 0 Å². The zero-order valence-electron chi connectivity index (χ0n) is 7.45. The molecule has 0 saturated carbocycles. The summed E-state index contributed by atoms with van der Waals surface area (Å²) >= 11 is 0. The molecule has 0 aromatic carbocycles. The number of nitrogens with zero attached hydrogens (tertiary/aromatic N) is 2. The van der Waals surface area contributed by atoms with Crippen molar-refractivity contribution in [1.29, 1.82) is 0 Å². The molecule has 0 aliphatic carbocycles. The summed E-state index contributed by atoms with van der Waals surface area (Å²) in [6.45, 7) is 9.35. The highest BCUT2D eigenvalue weighted by Gasteiger charge is 2.17. The van der Waals surface area contributed by atoms with E-state index in [0.29, 0.717) is 0 Å². The van der Waals surface area contributed by atoms with E-state index >= 15 is 0 Å². The maximum atomic E-state index is 9.24. The third-order valence-electron chi connectivity index (χ3n) is 2.38. The van der Waals surface area contributed by atoms with Gasteiger partial charge in [-0.3, -0.25) is 4.90 Å². The molecular weight excluding hydrogens is 140 g/mol. The van der Waals surface area contributed by atoms with Crippen molar-refractivity contribution in [3.05, 3.63) is 0 Å². The van der Waals surface area contributed by atoms with Crippen LogP contribution in [0.15, 0.2) is 0 Å². The predicted octanol–water partition coefficient (Wildman–Crippen LogP) is -0.0378. The first-order valence-electron chi connectivity index (χ1n) is 4.38. The molecule has 3 heteroatoms. The summed E-state index contributed by atoms with van der Waals surface area (Å²) in [5, 5.41) is 9.24. The second-order valence-corrected chi connectivity index (χ2v) is 3.10. The summed E-state index contributed by atoms with van der Waals surface area (Å²) < 4.78 is 0. The highest BCUT2D eigenvalue weighted by Crippen LogP contribution is 2.03. The Hall–Kier alpha value is -0.120. The number of rotatable bonds is 2. The SMILES string of the molecule is CCN1CCN(C(C)O)CC1. The monoisotopic (exact) mass is 158 g/mol. The maximum absolute atomic E-state index is 9.24. The topological polar surface area (TPSA) is 26.7 Å². The lowest BCUT2D eigenvalue weighted by molar-refractivity contribution is -0.0117. The van der Waals surface area contributed by atoms with Crippen molar-refractivity contribution in [3.8, 4) is 0 Å². The van der Waals surface area contributed by atoms with Crippen LogP contribution in [0.2, 0.25) is 0 Å². The van der Waals surface area contributed by atoms with E-state index in [1.165, 1.54) is 0 Å². The number of piperazine rings is 1. The van der Waals surface area contributed by atoms with Crippen LogP contribution in [0.4, 0.5) is 0 Å². The van der Waals surface area contributed by atoms with Crippen molar-refractivity contribution in [2.75, 3.05) is 32.7 Å².